The predicted octanol–water partition coefficient (Wildman–Crippen LogP) is 1.81. The van der Waals surface area contributed by atoms with Crippen LogP contribution in [0.4, 0.5) is 0 Å². The first-order valence-electron chi connectivity index (χ1n) is 5.43. The van der Waals surface area contributed by atoms with Crippen LogP contribution in [0.1, 0.15) is 24.2 Å². The number of amides is 1. The van der Waals surface area contributed by atoms with Gasteiger partial charge in [0.15, 0.2) is 10.3 Å². The normalized spacial score (nSPS) is 10.4. The van der Waals surface area contributed by atoms with Gasteiger partial charge in [-0.2, -0.15) is 0 Å². The third-order valence-electron chi connectivity index (χ3n) is 2.36. The molecular weight excluding hydrogens is 293 g/mol. The fraction of sp³-hybridized carbons (Fsp3) is 0.455. The van der Waals surface area contributed by atoms with Gasteiger partial charge in [0.2, 0.25) is 0 Å². The van der Waals surface area contributed by atoms with Crippen molar-refractivity contribution in [2.24, 2.45) is 0 Å². The van der Waals surface area contributed by atoms with Gasteiger partial charge in [0.25, 0.3) is 5.91 Å². The molecule has 0 aliphatic heterocycles. The van der Waals surface area contributed by atoms with E-state index in [-0.39, 0.29) is 28.5 Å². The smallest absolute Gasteiger partial charge is 0.325 e. The maximum absolute atomic E-state index is 12.3. The number of hydrogen-bond acceptors (Lipinski definition) is 5. The van der Waals surface area contributed by atoms with Gasteiger partial charge in [-0.1, -0.05) is 23.2 Å². The van der Waals surface area contributed by atoms with Crippen LogP contribution in [0, 0.1) is 0 Å². The van der Waals surface area contributed by atoms with Gasteiger partial charge in [0.05, 0.1) is 12.7 Å². The summed E-state index contributed by atoms with van der Waals surface area (Å²) in [5.41, 5.74) is 0.0965. The molecule has 0 unspecified atom stereocenters. The van der Waals surface area contributed by atoms with Crippen molar-refractivity contribution in [2.45, 2.75) is 19.9 Å². The number of esters is 1. The minimum atomic E-state index is -0.522. The number of carbonyl (C=O) groups excluding carboxylic acids is 2. The van der Waals surface area contributed by atoms with Gasteiger partial charge in [-0.05, 0) is 19.9 Å². The molecule has 1 aromatic heterocycles. The molecule has 0 saturated carbocycles. The molecule has 0 radical (unpaired) electrons. The molecule has 0 fully saturated rings. The lowest BCUT2D eigenvalue weighted by Crippen LogP contribution is -2.41. The number of halogens is 2. The monoisotopic (exact) mass is 305 g/mol. The maximum Gasteiger partial charge on any atom is 0.325 e. The fourth-order valence-corrected chi connectivity index (χ4v) is 1.67. The molecule has 0 aliphatic rings. The number of nitrogens with zero attached hydrogens (tertiary/aromatic N) is 3. The van der Waals surface area contributed by atoms with Crippen LogP contribution in [0.2, 0.25) is 10.3 Å². The number of rotatable bonds is 4. The lowest BCUT2D eigenvalue weighted by Gasteiger charge is -2.25. The van der Waals surface area contributed by atoms with E-state index in [0.717, 1.165) is 0 Å². The molecule has 104 valence electrons. The molecule has 1 rings (SSSR count). The summed E-state index contributed by atoms with van der Waals surface area (Å²) in [7, 11) is 1.25. The van der Waals surface area contributed by atoms with Crippen molar-refractivity contribution in [3.05, 3.63) is 21.9 Å². The van der Waals surface area contributed by atoms with E-state index in [9.17, 15) is 9.59 Å². The summed E-state index contributed by atoms with van der Waals surface area (Å²) in [4.78, 5) is 24.9. The molecule has 0 N–H and O–H groups in total. The molecular formula is C11H13Cl2N3O3. The van der Waals surface area contributed by atoms with E-state index in [2.05, 4.69) is 14.9 Å². The molecule has 0 spiro atoms. The minimum absolute atomic E-state index is 0.0505. The Morgan fingerprint density at radius 3 is 2.53 bits per heavy atom. The van der Waals surface area contributed by atoms with Gasteiger partial charge < -0.3 is 9.64 Å². The lowest BCUT2D eigenvalue weighted by atomic mass is 10.2. The number of carbonyl (C=O) groups is 2. The van der Waals surface area contributed by atoms with E-state index in [1.165, 1.54) is 18.1 Å². The second kappa shape index (κ2) is 6.68. The van der Waals surface area contributed by atoms with E-state index in [1.54, 1.807) is 13.8 Å². The summed E-state index contributed by atoms with van der Waals surface area (Å²) in [6, 6.07) is 1.10. The summed E-state index contributed by atoms with van der Waals surface area (Å²) in [6.45, 7) is 3.36. The molecule has 1 aromatic rings. The number of methoxy groups -OCH3 is 1. The summed E-state index contributed by atoms with van der Waals surface area (Å²) >= 11 is 11.5. The van der Waals surface area contributed by atoms with Crippen molar-refractivity contribution >= 4 is 35.1 Å². The Kier molecular flexibility index (Phi) is 5.50. The van der Waals surface area contributed by atoms with Crippen LogP contribution in [-0.4, -0.2) is 46.7 Å². The van der Waals surface area contributed by atoms with Gasteiger partial charge in [-0.25, -0.2) is 0 Å². The largest absolute Gasteiger partial charge is 0.468 e. The summed E-state index contributed by atoms with van der Waals surface area (Å²) in [5, 5.41) is 7.07. The highest BCUT2D eigenvalue weighted by atomic mass is 35.5. The molecule has 0 saturated heterocycles. The number of aromatic nitrogens is 2. The first kappa shape index (κ1) is 15.7. The second-order valence-electron chi connectivity index (χ2n) is 3.97. The Labute approximate surface area is 120 Å². The SMILES string of the molecule is COC(=O)CN(C(=O)c1cc(Cl)nnc1Cl)C(C)C. The third kappa shape index (κ3) is 4.04. The van der Waals surface area contributed by atoms with Crippen molar-refractivity contribution in [1.82, 2.24) is 15.1 Å². The summed E-state index contributed by atoms with van der Waals surface area (Å²) in [5.74, 6) is -0.978. The lowest BCUT2D eigenvalue weighted by molar-refractivity contribution is -0.141. The van der Waals surface area contributed by atoms with Crippen LogP contribution in [0.3, 0.4) is 0 Å². The average Bonchev–Trinajstić information content (AvgIpc) is 2.37. The van der Waals surface area contributed by atoms with Crippen molar-refractivity contribution in [3.8, 4) is 0 Å². The zero-order chi connectivity index (χ0) is 14.6. The Hall–Kier alpha value is -1.40. The van der Waals surface area contributed by atoms with Crippen molar-refractivity contribution in [2.75, 3.05) is 13.7 Å². The van der Waals surface area contributed by atoms with Gasteiger partial charge in [0.1, 0.15) is 6.54 Å². The Morgan fingerprint density at radius 1 is 1.37 bits per heavy atom. The van der Waals surface area contributed by atoms with Crippen molar-refractivity contribution in [3.63, 3.8) is 0 Å². The van der Waals surface area contributed by atoms with Gasteiger partial charge in [-0.15, -0.1) is 10.2 Å². The quantitative estimate of drug-likeness (QED) is 0.793. The molecule has 0 aromatic carbocycles. The number of ether oxygens (including phenoxy) is 1. The molecule has 19 heavy (non-hydrogen) atoms. The van der Waals surface area contributed by atoms with E-state index in [1.807, 2.05) is 0 Å². The zero-order valence-corrected chi connectivity index (χ0v) is 12.2. The molecule has 0 atom stereocenters. The minimum Gasteiger partial charge on any atom is -0.468 e. The highest BCUT2D eigenvalue weighted by Crippen LogP contribution is 2.18. The molecule has 1 heterocycles. The Morgan fingerprint density at radius 2 is 2.00 bits per heavy atom. The first-order valence-corrected chi connectivity index (χ1v) is 6.19. The van der Waals surface area contributed by atoms with E-state index >= 15 is 0 Å². The van der Waals surface area contributed by atoms with Gasteiger partial charge >= 0.3 is 5.97 Å². The van der Waals surface area contributed by atoms with Gasteiger partial charge in [0, 0.05) is 6.04 Å². The standard InChI is InChI=1S/C11H13Cl2N3O3/c1-6(2)16(5-9(17)19-3)11(18)7-4-8(12)14-15-10(7)13/h4,6H,5H2,1-3H3. The topological polar surface area (TPSA) is 72.4 Å². The van der Waals surface area contributed by atoms with Crippen LogP contribution in [0.15, 0.2) is 6.07 Å². The second-order valence-corrected chi connectivity index (χ2v) is 4.72. The molecule has 1 amide bonds. The Balaban J connectivity index is 3.05. The van der Waals surface area contributed by atoms with Crippen LogP contribution in [0.25, 0.3) is 0 Å². The van der Waals surface area contributed by atoms with Gasteiger partial charge in [-0.3, -0.25) is 9.59 Å². The third-order valence-corrected chi connectivity index (χ3v) is 2.82. The first-order chi connectivity index (χ1) is 8.86. The molecule has 0 aliphatic carbocycles. The highest BCUT2D eigenvalue weighted by molar-refractivity contribution is 6.34. The van der Waals surface area contributed by atoms with E-state index < -0.39 is 11.9 Å². The average molecular weight is 306 g/mol. The van der Waals surface area contributed by atoms with E-state index in [4.69, 9.17) is 23.2 Å². The molecule has 6 nitrogen and oxygen atoms in total. The molecule has 8 heteroatoms. The Bertz CT molecular complexity index is 494. The molecule has 0 bridgehead atoms. The summed E-state index contributed by atoms with van der Waals surface area (Å²) < 4.78 is 4.55. The maximum atomic E-state index is 12.3. The number of hydrogen-bond donors (Lipinski definition) is 0. The van der Waals surface area contributed by atoms with Crippen molar-refractivity contribution < 1.29 is 14.3 Å². The fourth-order valence-electron chi connectivity index (χ4n) is 1.35. The van der Waals surface area contributed by atoms with Crippen molar-refractivity contribution in [1.29, 1.82) is 0 Å². The highest BCUT2D eigenvalue weighted by Gasteiger charge is 2.24. The predicted molar refractivity (Wildman–Crippen MR) is 70.2 cm³/mol. The van der Waals surface area contributed by atoms with Crippen LogP contribution in [0.5, 0.6) is 0 Å². The van der Waals surface area contributed by atoms with E-state index in [0.29, 0.717) is 0 Å². The van der Waals surface area contributed by atoms with Crippen LogP contribution < -0.4 is 0 Å². The zero-order valence-electron chi connectivity index (χ0n) is 10.7. The van der Waals surface area contributed by atoms with Crippen LogP contribution >= 0.6 is 23.2 Å². The van der Waals surface area contributed by atoms with Crippen LogP contribution in [-0.2, 0) is 9.53 Å². The summed E-state index contributed by atoms with van der Waals surface area (Å²) in [6.07, 6.45) is 0.